The molecule has 6 N–H and O–H groups in total. The molecule has 48 valence electrons. The summed E-state index contributed by atoms with van der Waals surface area (Å²) in [6.07, 6.45) is 0. The molecule has 0 aliphatic carbocycles. The Hall–Kier alpha value is 0.757. The summed E-state index contributed by atoms with van der Waals surface area (Å²) >= 11 is 0. The second kappa shape index (κ2) is 25.1. The predicted octanol–water partition coefficient (Wildman–Crippen LogP) is -5.73. The van der Waals surface area contributed by atoms with Crippen molar-refractivity contribution < 1.29 is 30.5 Å². The maximum absolute atomic E-state index is 8.52. The number of hydrogen-bond donors (Lipinski definition) is 0. The smallest absolute Gasteiger partial charge is 0.672 e. The van der Waals surface area contributed by atoms with Crippen LogP contribution in [0.1, 0.15) is 0 Å². The zero-order chi connectivity index (χ0) is 3.58. The molecule has 8 heavy (non-hydrogen) atoms. The van der Waals surface area contributed by atoms with Gasteiger partial charge in [-0.2, -0.15) is 0 Å². The fourth-order valence-corrected chi connectivity index (χ4v) is 0. The van der Waals surface area contributed by atoms with E-state index in [0.29, 0.717) is 0 Å². The minimum Gasteiger partial charge on any atom is -0.672 e. The molecule has 0 amide bonds. The van der Waals surface area contributed by atoms with Crippen molar-refractivity contribution in [1.29, 1.82) is 0 Å². The molecule has 0 aliphatic rings. The van der Waals surface area contributed by atoms with Crippen molar-refractivity contribution in [3.05, 3.63) is 0 Å². The molecule has 0 spiro atoms. The monoisotopic (exact) mass is 170 g/mol. The third-order valence-electron chi connectivity index (χ3n) is 0. The van der Waals surface area contributed by atoms with Crippen LogP contribution in [0.2, 0.25) is 0 Å². The first-order valence-corrected chi connectivity index (χ1v) is 1.84. The van der Waals surface area contributed by atoms with Gasteiger partial charge in [-0.3, -0.25) is 0 Å². The molecule has 8 heteroatoms. The van der Waals surface area contributed by atoms with Crippen LogP contribution in [0.3, 0.4) is 0 Å². The van der Waals surface area contributed by atoms with Gasteiger partial charge >= 0.3 is 37.7 Å². The largest absolute Gasteiger partial charge is 2.00 e. The molecule has 0 radical (unpaired) electrons. The van der Waals surface area contributed by atoms with Crippen molar-refractivity contribution in [3.63, 3.8) is 0 Å². The van der Waals surface area contributed by atoms with Gasteiger partial charge in [-0.25, -0.2) is 0 Å². The molecule has 0 rings (SSSR count). The van der Waals surface area contributed by atoms with Gasteiger partial charge in [-0.15, -0.1) is 0 Å². The van der Waals surface area contributed by atoms with Crippen molar-refractivity contribution in [2.75, 3.05) is 0 Å². The SMILES string of the molecule is O.O.O.O=[Si]([O-])[O-].[Ca+2]. The first-order valence-electron chi connectivity index (χ1n) is 0.612. The van der Waals surface area contributed by atoms with Gasteiger partial charge < -0.3 is 30.5 Å². The summed E-state index contributed by atoms with van der Waals surface area (Å²) in [5.74, 6) is 0. The first kappa shape index (κ1) is 37.3. The van der Waals surface area contributed by atoms with Crippen LogP contribution in [-0.4, -0.2) is 63.3 Å². The van der Waals surface area contributed by atoms with E-state index in [-0.39, 0.29) is 54.2 Å². The van der Waals surface area contributed by atoms with Crippen LogP contribution in [0.15, 0.2) is 0 Å². The van der Waals surface area contributed by atoms with E-state index in [0.717, 1.165) is 0 Å². The quantitative estimate of drug-likeness (QED) is 0.332. The molecule has 0 saturated carbocycles. The Morgan fingerprint density at radius 2 is 1.00 bits per heavy atom. The van der Waals surface area contributed by atoms with Gasteiger partial charge in [0.25, 0.3) is 0 Å². The molecule has 0 bridgehead atoms. The Morgan fingerprint density at radius 3 is 1.00 bits per heavy atom. The van der Waals surface area contributed by atoms with E-state index in [2.05, 4.69) is 0 Å². The van der Waals surface area contributed by atoms with Gasteiger partial charge in [0.1, 0.15) is 0 Å². The Kier molecular flexibility index (Phi) is 117. The maximum atomic E-state index is 8.52. The molecule has 0 aliphatic heterocycles. The third-order valence-corrected chi connectivity index (χ3v) is 0. The molecule has 0 aromatic carbocycles. The van der Waals surface area contributed by atoms with E-state index < -0.39 is 9.17 Å². The fourth-order valence-electron chi connectivity index (χ4n) is 0. The summed E-state index contributed by atoms with van der Waals surface area (Å²) < 4.78 is 8.52. The molecule has 0 aromatic heterocycles. The Bertz CT molecular complexity index is 31.5. The molecule has 0 aromatic rings. The maximum Gasteiger partial charge on any atom is 2.00 e. The summed E-state index contributed by atoms with van der Waals surface area (Å²) in [7, 11) is -3.63. The second-order valence-corrected chi connectivity index (χ2v) is 0.750. The van der Waals surface area contributed by atoms with E-state index >= 15 is 0 Å². The topological polar surface area (TPSA) is 158 Å². The molecule has 0 unspecified atom stereocenters. The first-order chi connectivity index (χ1) is 1.73. The van der Waals surface area contributed by atoms with Gasteiger partial charge in [-0.1, -0.05) is 0 Å². The summed E-state index contributed by atoms with van der Waals surface area (Å²) in [4.78, 5) is 17.0. The molecule has 0 fully saturated rings. The third kappa shape index (κ3) is 391. The van der Waals surface area contributed by atoms with Crippen LogP contribution >= 0.6 is 0 Å². The average Bonchev–Trinajstić information content (AvgIpc) is 0.811. The Balaban J connectivity index is -0.00000000750. The second-order valence-electron chi connectivity index (χ2n) is 0.250. The van der Waals surface area contributed by atoms with Gasteiger partial charge in [0.05, 0.1) is 0 Å². The minimum atomic E-state index is -3.63. The van der Waals surface area contributed by atoms with Gasteiger partial charge in [-0.05, 0) is 0 Å². The summed E-state index contributed by atoms with van der Waals surface area (Å²) in [5, 5.41) is 0. The van der Waals surface area contributed by atoms with Crippen LogP contribution in [0.5, 0.6) is 0 Å². The van der Waals surface area contributed by atoms with Crippen LogP contribution < -0.4 is 9.59 Å². The van der Waals surface area contributed by atoms with E-state index in [4.69, 9.17) is 14.1 Å². The van der Waals surface area contributed by atoms with Crippen molar-refractivity contribution >= 4 is 46.9 Å². The average molecular weight is 170 g/mol. The van der Waals surface area contributed by atoms with E-state index in [1.54, 1.807) is 0 Å². The van der Waals surface area contributed by atoms with Crippen LogP contribution in [0, 0.1) is 0 Å². The number of hydrogen-bond acceptors (Lipinski definition) is 3. The minimum absolute atomic E-state index is 0. The molecule has 0 heterocycles. The van der Waals surface area contributed by atoms with Crippen molar-refractivity contribution in [2.24, 2.45) is 0 Å². The number of rotatable bonds is 0. The van der Waals surface area contributed by atoms with E-state index in [9.17, 15) is 0 Å². The van der Waals surface area contributed by atoms with E-state index in [1.807, 2.05) is 0 Å². The molecular weight excluding hydrogens is 164 g/mol. The van der Waals surface area contributed by atoms with Gasteiger partial charge in [0, 0.05) is 9.17 Å². The van der Waals surface area contributed by atoms with Gasteiger partial charge in [0.2, 0.25) is 0 Å². The van der Waals surface area contributed by atoms with Gasteiger partial charge in [0.15, 0.2) is 0 Å². The zero-order valence-corrected chi connectivity index (χ0v) is 7.14. The van der Waals surface area contributed by atoms with Crippen LogP contribution in [-0.2, 0) is 4.46 Å². The normalized spacial score (nSPS) is 3.00. The summed E-state index contributed by atoms with van der Waals surface area (Å²) in [5.41, 5.74) is 0. The van der Waals surface area contributed by atoms with Crippen LogP contribution in [0.4, 0.5) is 0 Å². The summed E-state index contributed by atoms with van der Waals surface area (Å²) in [6, 6.07) is 0. The van der Waals surface area contributed by atoms with Crippen LogP contribution in [0.25, 0.3) is 0 Å². The summed E-state index contributed by atoms with van der Waals surface area (Å²) in [6.45, 7) is 0. The van der Waals surface area contributed by atoms with Crippen molar-refractivity contribution in [2.45, 2.75) is 0 Å². The fraction of sp³-hybridized carbons (Fsp3) is 0. The molecule has 0 saturated heterocycles. The Labute approximate surface area is 77.0 Å². The van der Waals surface area contributed by atoms with Crippen molar-refractivity contribution in [1.82, 2.24) is 0 Å². The predicted molar refractivity (Wildman–Crippen MR) is 23.0 cm³/mol. The van der Waals surface area contributed by atoms with Crippen molar-refractivity contribution in [3.8, 4) is 0 Å². The Morgan fingerprint density at radius 1 is 1.00 bits per heavy atom. The molecule has 6 nitrogen and oxygen atoms in total. The molecule has 0 atom stereocenters. The van der Waals surface area contributed by atoms with E-state index in [1.165, 1.54) is 0 Å². The molecular formula is H6CaO6Si. The standard InChI is InChI=1S/Ca.O3Si.3H2O/c;1-4(2)3;;;/h;;3*1H2/q+2;-2;;;. The zero-order valence-electron chi connectivity index (χ0n) is 3.93.